The summed E-state index contributed by atoms with van der Waals surface area (Å²) in [5.74, 6) is 1.56. The van der Waals surface area contributed by atoms with Crippen LogP contribution < -0.4 is 11.1 Å². The molecule has 2 aromatic heterocycles. The number of nitrogen functional groups attached to an aromatic ring is 1. The highest BCUT2D eigenvalue weighted by Crippen LogP contribution is 2.24. The van der Waals surface area contributed by atoms with Gasteiger partial charge in [-0.15, -0.1) is 10.2 Å². The van der Waals surface area contributed by atoms with Crippen LogP contribution in [0, 0.1) is 6.92 Å². The maximum Gasteiger partial charge on any atom is 0.142 e. The van der Waals surface area contributed by atoms with Crippen LogP contribution in [0.3, 0.4) is 0 Å². The van der Waals surface area contributed by atoms with Crippen molar-refractivity contribution >= 4 is 22.4 Å². The Labute approximate surface area is 97.7 Å². The molecule has 3 N–H and O–H groups in total. The number of nitrogens with one attached hydrogen (secondary N) is 1. The maximum atomic E-state index is 5.66. The second-order valence-corrected chi connectivity index (χ2v) is 4.33. The molecule has 0 aromatic carbocycles. The Bertz CT molecular complexity index is 474. The number of hydrogen-bond acceptors (Lipinski definition) is 6. The predicted molar refractivity (Wildman–Crippen MR) is 64.5 cm³/mol. The lowest BCUT2D eigenvalue weighted by Crippen LogP contribution is -2.08. The van der Waals surface area contributed by atoms with Crippen molar-refractivity contribution in [3.05, 3.63) is 17.7 Å². The molecule has 0 amide bonds. The Morgan fingerprint density at radius 3 is 2.94 bits per heavy atom. The minimum absolute atomic E-state index is 0.603. The molecular formula is C9H14N6S. The van der Waals surface area contributed by atoms with Crippen LogP contribution in [0.25, 0.3) is 0 Å². The molecule has 6 nitrogen and oxygen atoms in total. The van der Waals surface area contributed by atoms with E-state index in [4.69, 9.17) is 5.73 Å². The summed E-state index contributed by atoms with van der Waals surface area (Å²) in [6, 6.07) is 0. The second kappa shape index (κ2) is 4.48. The van der Waals surface area contributed by atoms with Gasteiger partial charge in [-0.25, -0.2) is 0 Å². The second-order valence-electron chi connectivity index (χ2n) is 3.56. The molecule has 86 valence electrons. The van der Waals surface area contributed by atoms with E-state index < -0.39 is 0 Å². The van der Waals surface area contributed by atoms with Crippen LogP contribution in [0.15, 0.2) is 6.33 Å². The van der Waals surface area contributed by atoms with E-state index in [1.54, 1.807) is 6.33 Å². The first-order valence-corrected chi connectivity index (χ1v) is 5.74. The van der Waals surface area contributed by atoms with Gasteiger partial charge in [0.15, 0.2) is 0 Å². The third kappa shape index (κ3) is 2.13. The zero-order valence-corrected chi connectivity index (χ0v) is 10.1. The fourth-order valence-electron chi connectivity index (χ4n) is 1.33. The van der Waals surface area contributed by atoms with Gasteiger partial charge in [0, 0.05) is 25.6 Å². The van der Waals surface area contributed by atoms with E-state index in [1.807, 2.05) is 18.5 Å². The number of nitrogens with two attached hydrogens (primary N) is 1. The van der Waals surface area contributed by atoms with Crippen LogP contribution in [0.4, 0.5) is 10.8 Å². The summed E-state index contributed by atoms with van der Waals surface area (Å²) in [7, 11) is 1.94. The van der Waals surface area contributed by atoms with Gasteiger partial charge in [-0.2, -0.15) is 4.37 Å². The van der Waals surface area contributed by atoms with Gasteiger partial charge >= 0.3 is 0 Å². The molecule has 7 heteroatoms. The lowest BCUT2D eigenvalue weighted by atomic mass is 10.3. The zero-order chi connectivity index (χ0) is 11.5. The van der Waals surface area contributed by atoms with Gasteiger partial charge in [0.2, 0.25) is 0 Å². The molecule has 0 aliphatic rings. The van der Waals surface area contributed by atoms with Crippen molar-refractivity contribution in [2.24, 2.45) is 7.05 Å². The Balaban J connectivity index is 1.89. The molecule has 2 aromatic rings. The van der Waals surface area contributed by atoms with Crippen LogP contribution in [0.1, 0.15) is 11.4 Å². The smallest absolute Gasteiger partial charge is 0.142 e. The van der Waals surface area contributed by atoms with E-state index in [0.717, 1.165) is 29.4 Å². The van der Waals surface area contributed by atoms with Crippen LogP contribution in [0.5, 0.6) is 0 Å². The molecular weight excluding hydrogens is 224 g/mol. The summed E-state index contributed by atoms with van der Waals surface area (Å²) in [6.07, 6.45) is 2.53. The van der Waals surface area contributed by atoms with Crippen molar-refractivity contribution in [2.45, 2.75) is 13.3 Å². The van der Waals surface area contributed by atoms with Crippen molar-refractivity contribution in [1.29, 1.82) is 0 Å². The molecule has 0 aliphatic heterocycles. The fourth-order valence-corrected chi connectivity index (χ4v) is 2.07. The topological polar surface area (TPSA) is 81.7 Å². The van der Waals surface area contributed by atoms with Crippen molar-refractivity contribution in [2.75, 3.05) is 17.6 Å². The quantitative estimate of drug-likeness (QED) is 0.824. The van der Waals surface area contributed by atoms with Gasteiger partial charge in [-0.3, -0.25) is 0 Å². The lowest BCUT2D eigenvalue weighted by Gasteiger charge is -2.03. The molecule has 2 rings (SSSR count). The number of anilines is 2. The van der Waals surface area contributed by atoms with Gasteiger partial charge in [0.05, 0.1) is 0 Å². The van der Waals surface area contributed by atoms with Crippen LogP contribution in [0.2, 0.25) is 0 Å². The normalized spacial score (nSPS) is 10.6. The zero-order valence-electron chi connectivity index (χ0n) is 9.27. The highest BCUT2D eigenvalue weighted by Gasteiger charge is 2.06. The van der Waals surface area contributed by atoms with Crippen LogP contribution >= 0.6 is 11.5 Å². The monoisotopic (exact) mass is 238 g/mol. The average molecular weight is 238 g/mol. The molecule has 0 unspecified atom stereocenters. The van der Waals surface area contributed by atoms with E-state index >= 15 is 0 Å². The average Bonchev–Trinajstić information content (AvgIpc) is 2.80. The van der Waals surface area contributed by atoms with Gasteiger partial charge in [0.25, 0.3) is 0 Å². The Morgan fingerprint density at radius 2 is 2.38 bits per heavy atom. The summed E-state index contributed by atoms with van der Waals surface area (Å²) in [6.45, 7) is 2.76. The molecule has 0 saturated carbocycles. The van der Waals surface area contributed by atoms with Gasteiger partial charge in [-0.1, -0.05) is 0 Å². The number of aromatic nitrogens is 4. The van der Waals surface area contributed by atoms with E-state index in [-0.39, 0.29) is 0 Å². The van der Waals surface area contributed by atoms with Crippen molar-refractivity contribution < 1.29 is 0 Å². The first kappa shape index (κ1) is 10.9. The van der Waals surface area contributed by atoms with Crippen molar-refractivity contribution in [3.63, 3.8) is 0 Å². The first-order chi connectivity index (χ1) is 7.68. The summed E-state index contributed by atoms with van der Waals surface area (Å²) < 4.78 is 5.99. The molecule has 0 radical (unpaired) electrons. The largest absolute Gasteiger partial charge is 0.383 e. The van der Waals surface area contributed by atoms with Crippen molar-refractivity contribution in [1.82, 2.24) is 19.1 Å². The maximum absolute atomic E-state index is 5.66. The molecule has 0 saturated heterocycles. The third-order valence-electron chi connectivity index (χ3n) is 2.40. The van der Waals surface area contributed by atoms with Crippen molar-refractivity contribution in [3.8, 4) is 0 Å². The van der Waals surface area contributed by atoms with E-state index in [1.165, 1.54) is 11.5 Å². The van der Waals surface area contributed by atoms with Gasteiger partial charge < -0.3 is 15.6 Å². The van der Waals surface area contributed by atoms with E-state index in [2.05, 4.69) is 19.9 Å². The highest BCUT2D eigenvalue weighted by molar-refractivity contribution is 7.10. The number of hydrogen-bond donors (Lipinski definition) is 2. The molecule has 0 bridgehead atoms. The standard InChI is InChI=1S/C9H14N6S/c1-6-8(10)14-16-9(6)11-4-3-7-13-12-5-15(7)2/h5,11H,3-4H2,1-2H3,(H2,10,14). The summed E-state index contributed by atoms with van der Waals surface area (Å²) in [5, 5.41) is 12.2. The fraction of sp³-hybridized carbons (Fsp3) is 0.444. The Hall–Kier alpha value is -1.63. The van der Waals surface area contributed by atoms with E-state index in [0.29, 0.717) is 5.82 Å². The predicted octanol–water partition coefficient (Wildman–Crippen LogP) is 0.817. The third-order valence-corrected chi connectivity index (χ3v) is 3.32. The summed E-state index contributed by atoms with van der Waals surface area (Å²) in [5.41, 5.74) is 6.68. The molecule has 16 heavy (non-hydrogen) atoms. The van der Waals surface area contributed by atoms with Crippen LogP contribution in [-0.2, 0) is 13.5 Å². The van der Waals surface area contributed by atoms with Crippen LogP contribution in [-0.4, -0.2) is 25.7 Å². The van der Waals surface area contributed by atoms with Gasteiger partial charge in [0.1, 0.15) is 23.0 Å². The molecule has 0 spiro atoms. The molecule has 0 atom stereocenters. The molecule has 2 heterocycles. The number of aryl methyl sites for hydroxylation is 1. The lowest BCUT2D eigenvalue weighted by molar-refractivity contribution is 0.789. The van der Waals surface area contributed by atoms with E-state index in [9.17, 15) is 0 Å². The minimum Gasteiger partial charge on any atom is -0.383 e. The first-order valence-electron chi connectivity index (χ1n) is 4.97. The minimum atomic E-state index is 0.603. The number of rotatable bonds is 4. The highest BCUT2D eigenvalue weighted by atomic mass is 32.1. The Kier molecular flexibility index (Phi) is 3.04. The molecule has 0 fully saturated rings. The summed E-state index contributed by atoms with van der Waals surface area (Å²) in [4.78, 5) is 0. The molecule has 0 aliphatic carbocycles. The SMILES string of the molecule is Cc1c(N)nsc1NCCc1nncn1C. The van der Waals surface area contributed by atoms with Gasteiger partial charge in [-0.05, 0) is 18.5 Å². The Morgan fingerprint density at radius 1 is 1.56 bits per heavy atom. The summed E-state index contributed by atoms with van der Waals surface area (Å²) >= 11 is 1.39. The number of nitrogens with zero attached hydrogens (tertiary/aromatic N) is 4.